The van der Waals surface area contributed by atoms with E-state index in [9.17, 15) is 18.0 Å². The van der Waals surface area contributed by atoms with Crippen LogP contribution in [0.3, 0.4) is 0 Å². The topological polar surface area (TPSA) is 74.8 Å². The number of hydrogen-bond acceptors (Lipinski definition) is 3. The largest absolute Gasteiger partial charge is 0.573 e. The molecule has 0 spiro atoms. The number of nitrogens with one attached hydrogen (secondary N) is 3. The molecule has 9 heteroatoms. The summed E-state index contributed by atoms with van der Waals surface area (Å²) in [5.74, 6) is 0.141. The highest BCUT2D eigenvalue weighted by Gasteiger charge is 2.31. The second-order valence-corrected chi connectivity index (χ2v) is 6.58. The molecule has 1 saturated carbocycles. The first-order valence-corrected chi connectivity index (χ1v) is 9.52. The van der Waals surface area contributed by atoms with Gasteiger partial charge in [0.25, 0.3) is 0 Å². The van der Waals surface area contributed by atoms with Crippen molar-refractivity contribution >= 4 is 11.9 Å². The van der Waals surface area contributed by atoms with Gasteiger partial charge < -0.3 is 20.7 Å². The number of hydrogen-bond donors (Lipinski definition) is 3. The fourth-order valence-corrected chi connectivity index (χ4v) is 3.03. The zero-order valence-corrected chi connectivity index (χ0v) is 15.9. The summed E-state index contributed by atoms with van der Waals surface area (Å²) < 4.78 is 41.6. The second-order valence-electron chi connectivity index (χ2n) is 6.58. The van der Waals surface area contributed by atoms with Crippen molar-refractivity contribution in [1.82, 2.24) is 16.0 Å². The van der Waals surface area contributed by atoms with Gasteiger partial charge in [-0.1, -0.05) is 31.0 Å². The van der Waals surface area contributed by atoms with Crippen LogP contribution in [0.25, 0.3) is 0 Å². The van der Waals surface area contributed by atoms with Crippen molar-refractivity contribution in [2.75, 3.05) is 13.1 Å². The fourth-order valence-electron chi connectivity index (χ4n) is 3.03. The number of nitrogens with zero attached hydrogens (tertiary/aromatic N) is 1. The Bertz CT molecular complexity index is 659. The molecule has 0 atom stereocenters. The van der Waals surface area contributed by atoms with Crippen LogP contribution in [0.15, 0.2) is 29.3 Å². The smallest absolute Gasteiger partial charge is 0.405 e. The maximum atomic E-state index is 12.5. The van der Waals surface area contributed by atoms with Crippen molar-refractivity contribution in [3.63, 3.8) is 0 Å². The van der Waals surface area contributed by atoms with Crippen LogP contribution in [0.4, 0.5) is 13.2 Å². The zero-order chi connectivity index (χ0) is 20.4. The molecule has 1 amide bonds. The van der Waals surface area contributed by atoms with Gasteiger partial charge in [0.2, 0.25) is 5.91 Å². The van der Waals surface area contributed by atoms with E-state index in [4.69, 9.17) is 0 Å². The third-order valence-electron chi connectivity index (χ3n) is 4.31. The molecule has 1 fully saturated rings. The van der Waals surface area contributed by atoms with Gasteiger partial charge >= 0.3 is 6.36 Å². The first-order chi connectivity index (χ1) is 13.4. The van der Waals surface area contributed by atoms with Crippen LogP contribution in [-0.4, -0.2) is 37.4 Å². The normalized spacial score (nSPS) is 15.4. The predicted molar refractivity (Wildman–Crippen MR) is 101 cm³/mol. The molecule has 0 radical (unpaired) electrons. The first-order valence-electron chi connectivity index (χ1n) is 9.52. The van der Waals surface area contributed by atoms with Gasteiger partial charge in [-0.3, -0.25) is 4.79 Å². The molecule has 0 aromatic heterocycles. The molecule has 1 aliphatic rings. The highest BCUT2D eigenvalue weighted by molar-refractivity contribution is 5.81. The molecule has 0 aliphatic heterocycles. The standard InChI is InChI=1S/C19H27F3N4O2/c1-2-23-18(24-12-11-17(27)26-15-8-4-5-9-15)25-13-14-7-3-6-10-16(14)28-19(20,21)22/h3,6-7,10,15H,2,4-5,8-9,11-13H2,1H3,(H,26,27)(H2,23,24,25). The quantitative estimate of drug-likeness (QED) is 0.463. The number of carbonyl (C=O) groups excluding carboxylic acids is 1. The predicted octanol–water partition coefficient (Wildman–Crippen LogP) is 3.09. The molecule has 0 heterocycles. The van der Waals surface area contributed by atoms with E-state index in [2.05, 4.69) is 25.7 Å². The Balaban J connectivity index is 1.87. The third kappa shape index (κ3) is 8.06. The second kappa shape index (κ2) is 10.8. The highest BCUT2D eigenvalue weighted by atomic mass is 19.4. The molecule has 1 aromatic carbocycles. The summed E-state index contributed by atoms with van der Waals surface area (Å²) in [4.78, 5) is 16.3. The number of alkyl halides is 3. The molecule has 28 heavy (non-hydrogen) atoms. The molecule has 0 unspecified atom stereocenters. The Labute approximate surface area is 162 Å². The Morgan fingerprint density at radius 2 is 1.93 bits per heavy atom. The van der Waals surface area contributed by atoms with Gasteiger partial charge in [-0.15, -0.1) is 13.2 Å². The highest BCUT2D eigenvalue weighted by Crippen LogP contribution is 2.26. The van der Waals surface area contributed by atoms with Gasteiger partial charge in [-0.25, -0.2) is 4.99 Å². The van der Waals surface area contributed by atoms with Crippen molar-refractivity contribution in [2.45, 2.75) is 58.0 Å². The summed E-state index contributed by atoms with van der Waals surface area (Å²) >= 11 is 0. The van der Waals surface area contributed by atoms with Crippen LogP contribution in [0.2, 0.25) is 0 Å². The Kier molecular flexibility index (Phi) is 8.41. The van der Waals surface area contributed by atoms with Gasteiger partial charge in [0.1, 0.15) is 5.75 Å². The zero-order valence-electron chi connectivity index (χ0n) is 15.9. The summed E-state index contributed by atoms with van der Waals surface area (Å²) in [7, 11) is 0. The van der Waals surface area contributed by atoms with Crippen molar-refractivity contribution in [3.05, 3.63) is 29.8 Å². The van der Waals surface area contributed by atoms with Gasteiger partial charge in [0.15, 0.2) is 5.96 Å². The van der Waals surface area contributed by atoms with E-state index in [0.717, 1.165) is 25.7 Å². The number of para-hydroxylation sites is 1. The summed E-state index contributed by atoms with van der Waals surface area (Å²) in [6.45, 7) is 2.85. The number of guanidine groups is 1. The lowest BCUT2D eigenvalue weighted by Gasteiger charge is -2.15. The van der Waals surface area contributed by atoms with E-state index in [1.54, 1.807) is 6.07 Å². The molecule has 1 aliphatic carbocycles. The summed E-state index contributed by atoms with van der Waals surface area (Å²) in [6, 6.07) is 6.16. The van der Waals surface area contributed by atoms with Crippen molar-refractivity contribution in [1.29, 1.82) is 0 Å². The SMILES string of the molecule is CCNC(=NCc1ccccc1OC(F)(F)F)NCCC(=O)NC1CCCC1. The maximum Gasteiger partial charge on any atom is 0.573 e. The minimum atomic E-state index is -4.75. The van der Waals surface area contributed by atoms with Crippen LogP contribution >= 0.6 is 0 Å². The Morgan fingerprint density at radius 1 is 1.21 bits per heavy atom. The molecule has 6 nitrogen and oxygen atoms in total. The van der Waals surface area contributed by atoms with Crippen LogP contribution < -0.4 is 20.7 Å². The van der Waals surface area contributed by atoms with E-state index < -0.39 is 6.36 Å². The lowest BCUT2D eigenvalue weighted by atomic mass is 10.2. The number of benzene rings is 1. The number of aliphatic imine (C=N–C) groups is 1. The first kappa shape index (κ1) is 21.8. The molecular weight excluding hydrogens is 373 g/mol. The van der Waals surface area contributed by atoms with Crippen LogP contribution in [-0.2, 0) is 11.3 Å². The van der Waals surface area contributed by atoms with Crippen LogP contribution in [0.1, 0.15) is 44.6 Å². The Hall–Kier alpha value is -2.45. The van der Waals surface area contributed by atoms with Gasteiger partial charge in [-0.05, 0) is 25.8 Å². The average Bonchev–Trinajstić information content (AvgIpc) is 3.12. The summed E-state index contributed by atoms with van der Waals surface area (Å²) in [5.41, 5.74) is 0.316. The van der Waals surface area contributed by atoms with Gasteiger partial charge in [-0.2, -0.15) is 0 Å². The minimum absolute atomic E-state index is 0.00978. The number of ether oxygens (including phenoxy) is 1. The van der Waals surface area contributed by atoms with E-state index >= 15 is 0 Å². The summed E-state index contributed by atoms with van der Waals surface area (Å²) in [6.07, 6.45) is -0.0881. The van der Waals surface area contributed by atoms with Crippen molar-refractivity contribution in [3.8, 4) is 5.75 Å². The van der Waals surface area contributed by atoms with E-state index in [-0.39, 0.29) is 24.2 Å². The van der Waals surface area contributed by atoms with Crippen LogP contribution in [0.5, 0.6) is 5.75 Å². The maximum absolute atomic E-state index is 12.5. The molecule has 1 aromatic rings. The third-order valence-corrected chi connectivity index (χ3v) is 4.31. The fraction of sp³-hybridized carbons (Fsp3) is 0.579. The number of rotatable bonds is 8. The lowest BCUT2D eigenvalue weighted by molar-refractivity contribution is -0.274. The van der Waals surface area contributed by atoms with E-state index in [1.807, 2.05) is 6.92 Å². The van der Waals surface area contributed by atoms with Crippen molar-refractivity contribution < 1.29 is 22.7 Å². The number of halogens is 3. The average molecular weight is 400 g/mol. The Morgan fingerprint density at radius 3 is 2.61 bits per heavy atom. The minimum Gasteiger partial charge on any atom is -0.405 e. The van der Waals surface area contributed by atoms with Crippen molar-refractivity contribution in [2.24, 2.45) is 4.99 Å². The molecule has 2 rings (SSSR count). The van der Waals surface area contributed by atoms with E-state index in [1.165, 1.54) is 18.2 Å². The van der Waals surface area contributed by atoms with E-state index in [0.29, 0.717) is 31.0 Å². The molecule has 0 saturated heterocycles. The molecule has 3 N–H and O–H groups in total. The lowest BCUT2D eigenvalue weighted by Crippen LogP contribution is -2.40. The van der Waals surface area contributed by atoms with Gasteiger partial charge in [0, 0.05) is 31.1 Å². The monoisotopic (exact) mass is 400 g/mol. The molecular formula is C19H27F3N4O2. The van der Waals surface area contributed by atoms with Gasteiger partial charge in [0.05, 0.1) is 6.54 Å². The summed E-state index contributed by atoms with van der Waals surface area (Å²) in [5, 5.41) is 9.05. The number of carbonyl (C=O) groups is 1. The van der Waals surface area contributed by atoms with Crippen LogP contribution in [0, 0.1) is 0 Å². The number of amides is 1. The molecule has 0 bridgehead atoms. The molecule has 156 valence electrons.